The van der Waals surface area contributed by atoms with E-state index < -0.39 is 10.0 Å². The van der Waals surface area contributed by atoms with Crippen LogP contribution < -0.4 is 4.72 Å². The molecule has 0 bridgehead atoms. The van der Waals surface area contributed by atoms with Crippen molar-refractivity contribution in [2.24, 2.45) is 0 Å². The molecule has 0 aliphatic rings. The summed E-state index contributed by atoms with van der Waals surface area (Å²) >= 11 is 6.47. The third kappa shape index (κ3) is 3.03. The fourth-order valence-corrected chi connectivity index (χ4v) is 3.44. The van der Waals surface area contributed by atoms with Gasteiger partial charge in [-0.15, -0.1) is 0 Å². The molecule has 0 amide bonds. The van der Waals surface area contributed by atoms with Gasteiger partial charge < -0.3 is 4.52 Å². The molecule has 0 aliphatic carbocycles. The summed E-state index contributed by atoms with van der Waals surface area (Å²) in [7, 11) is -3.59. The molecule has 2 heterocycles. The van der Waals surface area contributed by atoms with Crippen molar-refractivity contribution in [3.05, 3.63) is 28.2 Å². The van der Waals surface area contributed by atoms with E-state index in [1.165, 1.54) is 6.20 Å². The number of halogens is 1. The highest BCUT2D eigenvalue weighted by molar-refractivity contribution is 7.91. The van der Waals surface area contributed by atoms with Crippen LogP contribution in [-0.4, -0.2) is 18.6 Å². The molecule has 0 saturated carbocycles. The molecule has 17 heavy (non-hydrogen) atoms. The van der Waals surface area contributed by atoms with E-state index in [0.29, 0.717) is 11.5 Å². The first-order chi connectivity index (χ1) is 7.97. The summed E-state index contributed by atoms with van der Waals surface area (Å²) in [6.07, 6.45) is 1.21. The Bertz CT molecular complexity index is 620. The van der Waals surface area contributed by atoms with Crippen molar-refractivity contribution in [1.82, 2.24) is 14.9 Å². The van der Waals surface area contributed by atoms with Crippen LogP contribution in [0.15, 0.2) is 21.0 Å². The van der Waals surface area contributed by atoms with Gasteiger partial charge in [-0.2, -0.15) is 0 Å². The molecule has 6 nitrogen and oxygen atoms in total. The Balaban J connectivity index is 2.08. The van der Waals surface area contributed by atoms with E-state index in [-0.39, 0.29) is 15.2 Å². The van der Waals surface area contributed by atoms with Crippen molar-refractivity contribution in [2.45, 2.75) is 17.7 Å². The number of aromatic nitrogens is 2. The van der Waals surface area contributed by atoms with Crippen molar-refractivity contribution in [3.8, 4) is 0 Å². The summed E-state index contributed by atoms with van der Waals surface area (Å²) in [6.45, 7) is 1.79. The average molecular weight is 294 g/mol. The van der Waals surface area contributed by atoms with E-state index >= 15 is 0 Å². The zero-order valence-corrected chi connectivity index (χ0v) is 11.1. The molecule has 0 saturated heterocycles. The highest BCUT2D eigenvalue weighted by Gasteiger charge is 2.17. The number of aryl methyl sites for hydroxylation is 1. The van der Waals surface area contributed by atoms with Crippen LogP contribution in [0, 0.1) is 6.92 Å². The first-order valence-corrected chi connectivity index (χ1v) is 7.18. The zero-order valence-electron chi connectivity index (χ0n) is 8.68. The van der Waals surface area contributed by atoms with Gasteiger partial charge in [-0.1, -0.05) is 28.1 Å². The Kier molecular flexibility index (Phi) is 3.48. The van der Waals surface area contributed by atoms with Crippen LogP contribution in [0.1, 0.15) is 11.5 Å². The highest BCUT2D eigenvalue weighted by atomic mass is 35.5. The van der Waals surface area contributed by atoms with Crippen molar-refractivity contribution >= 4 is 33.0 Å². The molecule has 0 aliphatic heterocycles. The van der Waals surface area contributed by atoms with Crippen LogP contribution >= 0.6 is 22.9 Å². The van der Waals surface area contributed by atoms with Gasteiger partial charge in [-0.3, -0.25) is 0 Å². The molecular formula is C8H8ClN3O3S2. The lowest BCUT2D eigenvalue weighted by Gasteiger charge is -2.00. The molecule has 0 aromatic carbocycles. The van der Waals surface area contributed by atoms with Crippen LogP contribution in [-0.2, 0) is 16.6 Å². The lowest BCUT2D eigenvalue weighted by Crippen LogP contribution is -2.22. The summed E-state index contributed by atoms with van der Waals surface area (Å²) in [6, 6.07) is 1.65. The van der Waals surface area contributed by atoms with Crippen LogP contribution in [0.25, 0.3) is 0 Å². The zero-order chi connectivity index (χ0) is 12.5. The van der Waals surface area contributed by atoms with Crippen molar-refractivity contribution in [2.75, 3.05) is 0 Å². The lowest BCUT2D eigenvalue weighted by molar-refractivity contribution is 0.390. The van der Waals surface area contributed by atoms with Gasteiger partial charge in [0.1, 0.15) is 5.76 Å². The van der Waals surface area contributed by atoms with E-state index in [2.05, 4.69) is 14.9 Å². The van der Waals surface area contributed by atoms with E-state index in [1.54, 1.807) is 13.0 Å². The first-order valence-electron chi connectivity index (χ1n) is 4.50. The summed E-state index contributed by atoms with van der Waals surface area (Å²) < 4.78 is 31.0. The van der Waals surface area contributed by atoms with Crippen LogP contribution in [0.2, 0.25) is 4.47 Å². The van der Waals surface area contributed by atoms with Crippen LogP contribution in [0.4, 0.5) is 0 Å². The molecule has 0 fully saturated rings. The van der Waals surface area contributed by atoms with Gasteiger partial charge in [0, 0.05) is 6.07 Å². The average Bonchev–Trinajstić information content (AvgIpc) is 2.85. The number of nitrogens with zero attached hydrogens (tertiary/aromatic N) is 2. The topological polar surface area (TPSA) is 85.1 Å². The fourth-order valence-electron chi connectivity index (χ4n) is 1.10. The molecule has 2 aromatic heterocycles. The molecule has 0 spiro atoms. The Morgan fingerprint density at radius 2 is 2.35 bits per heavy atom. The molecule has 0 atom stereocenters. The second-order valence-electron chi connectivity index (χ2n) is 3.19. The van der Waals surface area contributed by atoms with Gasteiger partial charge in [0.25, 0.3) is 10.0 Å². The molecular weight excluding hydrogens is 286 g/mol. The fraction of sp³-hybridized carbons (Fsp3) is 0.250. The van der Waals surface area contributed by atoms with Crippen LogP contribution in [0.5, 0.6) is 0 Å². The molecule has 9 heteroatoms. The minimum absolute atomic E-state index is 0.0647. The largest absolute Gasteiger partial charge is 0.361 e. The number of thiazole rings is 1. The van der Waals surface area contributed by atoms with Gasteiger partial charge >= 0.3 is 0 Å². The summed E-state index contributed by atoms with van der Waals surface area (Å²) in [5.41, 5.74) is 0.515. The van der Waals surface area contributed by atoms with Crippen molar-refractivity contribution in [1.29, 1.82) is 0 Å². The van der Waals surface area contributed by atoms with Crippen molar-refractivity contribution in [3.63, 3.8) is 0 Å². The normalized spacial score (nSPS) is 11.9. The second kappa shape index (κ2) is 4.73. The number of nitrogens with one attached hydrogen (secondary N) is 1. The summed E-state index contributed by atoms with van der Waals surface area (Å²) in [5, 5.41) is 3.68. The summed E-state index contributed by atoms with van der Waals surface area (Å²) in [5.74, 6) is 0.625. The quantitative estimate of drug-likeness (QED) is 0.925. The molecule has 92 valence electrons. The third-order valence-electron chi connectivity index (χ3n) is 1.84. The predicted octanol–water partition coefficient (Wildman–Crippen LogP) is 1.57. The third-order valence-corrected chi connectivity index (χ3v) is 4.82. The SMILES string of the molecule is Cc1cc(CNS(=O)(=O)c2cnc(Cl)s2)no1. The Labute approximate surface area is 107 Å². The van der Waals surface area contributed by atoms with Gasteiger partial charge in [0.15, 0.2) is 8.68 Å². The Morgan fingerprint density at radius 3 is 2.88 bits per heavy atom. The maximum Gasteiger partial charge on any atom is 0.252 e. The number of hydrogen-bond acceptors (Lipinski definition) is 6. The maximum atomic E-state index is 11.8. The van der Waals surface area contributed by atoms with Crippen LogP contribution in [0.3, 0.4) is 0 Å². The molecule has 0 radical (unpaired) electrons. The number of sulfonamides is 1. The molecule has 2 rings (SSSR count). The molecule has 1 N–H and O–H groups in total. The Morgan fingerprint density at radius 1 is 1.59 bits per heavy atom. The first kappa shape index (κ1) is 12.5. The number of rotatable bonds is 4. The minimum Gasteiger partial charge on any atom is -0.361 e. The maximum absolute atomic E-state index is 11.8. The molecule has 0 unspecified atom stereocenters. The second-order valence-corrected chi connectivity index (χ2v) is 6.79. The van der Waals surface area contributed by atoms with E-state index in [1.807, 2.05) is 0 Å². The highest BCUT2D eigenvalue weighted by Crippen LogP contribution is 2.22. The van der Waals surface area contributed by atoms with Crippen molar-refractivity contribution < 1.29 is 12.9 Å². The molecule has 2 aromatic rings. The minimum atomic E-state index is -3.59. The van der Waals surface area contributed by atoms with Gasteiger partial charge in [-0.05, 0) is 6.92 Å². The monoisotopic (exact) mass is 293 g/mol. The van der Waals surface area contributed by atoms with Gasteiger partial charge in [0.2, 0.25) is 0 Å². The van der Waals surface area contributed by atoms with E-state index in [0.717, 1.165) is 11.3 Å². The van der Waals surface area contributed by atoms with E-state index in [4.69, 9.17) is 16.1 Å². The lowest BCUT2D eigenvalue weighted by atomic mass is 10.4. The predicted molar refractivity (Wildman–Crippen MR) is 62.4 cm³/mol. The number of hydrogen-bond donors (Lipinski definition) is 1. The van der Waals surface area contributed by atoms with Gasteiger partial charge in [0.05, 0.1) is 18.4 Å². The van der Waals surface area contributed by atoms with E-state index in [9.17, 15) is 8.42 Å². The standard InChI is InChI=1S/C8H8ClN3O3S2/c1-5-2-6(12-15-5)3-11-17(13,14)7-4-10-8(9)16-7/h2,4,11H,3H2,1H3. The smallest absolute Gasteiger partial charge is 0.252 e. The summed E-state index contributed by atoms with van der Waals surface area (Å²) in [4.78, 5) is 3.67. The Hall–Kier alpha value is -0.960. The van der Waals surface area contributed by atoms with Gasteiger partial charge in [-0.25, -0.2) is 18.1 Å².